The van der Waals surface area contributed by atoms with Crippen molar-refractivity contribution in [3.8, 4) is 5.75 Å². The lowest BCUT2D eigenvalue weighted by atomic mass is 9.57. The highest BCUT2D eigenvalue weighted by atomic mass is 16.3. The number of hydrogen-bond donors (Lipinski definition) is 5. The van der Waals surface area contributed by atoms with Gasteiger partial charge in [0.15, 0.2) is 11.4 Å². The summed E-state index contributed by atoms with van der Waals surface area (Å²) >= 11 is 0. The van der Waals surface area contributed by atoms with Crippen molar-refractivity contribution in [1.29, 1.82) is 0 Å². The second-order valence-electron chi connectivity index (χ2n) is 12.7. The Bertz CT molecular complexity index is 1430. The van der Waals surface area contributed by atoms with Crippen LogP contribution >= 0.6 is 0 Å². The van der Waals surface area contributed by atoms with Crippen LogP contribution in [0.15, 0.2) is 23.0 Å². The topological polar surface area (TPSA) is 168 Å². The molecule has 0 radical (unpaired) electrons. The predicted molar refractivity (Wildman–Crippen MR) is 150 cm³/mol. The molecule has 2 saturated heterocycles. The number of ketones is 2. The quantitative estimate of drug-likeness (QED) is 0.326. The minimum atomic E-state index is -2.64. The lowest BCUT2D eigenvalue weighted by Gasteiger charge is -2.50. The van der Waals surface area contributed by atoms with E-state index in [1.165, 1.54) is 4.90 Å². The molecule has 11 nitrogen and oxygen atoms in total. The summed E-state index contributed by atoms with van der Waals surface area (Å²) in [5, 5.41) is 46.2. The number of rotatable bonds is 5. The number of aliphatic hydroxyl groups excluding tert-OH is 2. The third-order valence-corrected chi connectivity index (χ3v) is 10.2. The molecule has 6 rings (SSSR count). The lowest BCUT2D eigenvalue weighted by molar-refractivity contribution is -0.153. The highest BCUT2D eigenvalue weighted by Crippen LogP contribution is 2.54. The van der Waals surface area contributed by atoms with Crippen LogP contribution in [0.25, 0.3) is 5.76 Å². The monoisotopic (exact) mass is 566 g/mol. The fourth-order valence-electron chi connectivity index (χ4n) is 8.34. The smallest absolute Gasteiger partial charge is 0.255 e. The summed E-state index contributed by atoms with van der Waals surface area (Å²) in [6.45, 7) is 0.513. The zero-order chi connectivity index (χ0) is 29.7. The van der Waals surface area contributed by atoms with Gasteiger partial charge < -0.3 is 31.1 Å². The lowest BCUT2D eigenvalue weighted by Crippen LogP contribution is -2.65. The molecule has 11 heteroatoms. The van der Waals surface area contributed by atoms with Gasteiger partial charge in [0.05, 0.1) is 11.6 Å². The summed E-state index contributed by atoms with van der Waals surface area (Å²) in [6.07, 6.45) is 4.85. The van der Waals surface area contributed by atoms with Crippen LogP contribution in [-0.4, -0.2) is 99.6 Å². The Balaban J connectivity index is 1.51. The highest BCUT2D eigenvalue weighted by Gasteiger charge is 2.64. The third kappa shape index (κ3) is 3.71. The number of carbonyl (C=O) groups is 3. The van der Waals surface area contributed by atoms with Gasteiger partial charge in [0, 0.05) is 55.5 Å². The highest BCUT2D eigenvalue weighted by molar-refractivity contribution is 6.24. The number of fused-ring (bicyclic) bond motifs is 5. The number of amides is 1. The number of aliphatic hydroxyl groups is 3. The van der Waals surface area contributed by atoms with E-state index >= 15 is 0 Å². The van der Waals surface area contributed by atoms with Gasteiger partial charge in [-0.25, -0.2) is 0 Å². The molecule has 6 N–H and O–H groups in total. The molecule has 2 heterocycles. The normalized spacial score (nSPS) is 32.9. The molecule has 3 aliphatic carbocycles. The van der Waals surface area contributed by atoms with E-state index in [2.05, 4.69) is 4.90 Å². The van der Waals surface area contributed by atoms with Crippen LogP contribution in [0.2, 0.25) is 0 Å². The molecule has 220 valence electrons. The summed E-state index contributed by atoms with van der Waals surface area (Å²) in [5.41, 5.74) is 4.10. The van der Waals surface area contributed by atoms with Crippen LogP contribution in [0.1, 0.15) is 48.8 Å². The van der Waals surface area contributed by atoms with Gasteiger partial charge in [0.25, 0.3) is 5.91 Å². The largest absolute Gasteiger partial charge is 0.508 e. The standard InChI is InChI=1S/C30H38N4O7/c1-32(2)19-11-14(12-34-15-5-6-16(34)8-7-15)24(35)21-17(19)9-13-10-18-23(33(3)4)26(37)22(29(31)40)28(39)30(18,41)27(38)20(13)25(21)36/h11,13,15-16,18,23,35-36,39,41H,5-10,12H2,1-4H3,(H2,31,40)/t13-,15?,16?,18-,23-,30-/m0/s1. The number of anilines is 1. The van der Waals surface area contributed by atoms with Gasteiger partial charge >= 0.3 is 0 Å². The Kier molecular flexibility index (Phi) is 6.29. The molecule has 1 aromatic carbocycles. The average Bonchev–Trinajstić information content (AvgIpc) is 3.46. The maximum absolute atomic E-state index is 14.1. The van der Waals surface area contributed by atoms with Crippen molar-refractivity contribution in [2.75, 3.05) is 33.1 Å². The van der Waals surface area contributed by atoms with Crippen LogP contribution in [-0.2, 0) is 27.3 Å². The number of nitrogens with zero attached hydrogens (tertiary/aromatic N) is 3. The first-order chi connectivity index (χ1) is 19.3. The maximum Gasteiger partial charge on any atom is 0.255 e. The van der Waals surface area contributed by atoms with Crippen molar-refractivity contribution in [3.63, 3.8) is 0 Å². The van der Waals surface area contributed by atoms with E-state index in [1.54, 1.807) is 14.1 Å². The van der Waals surface area contributed by atoms with Gasteiger partial charge in [-0.05, 0) is 70.2 Å². The van der Waals surface area contributed by atoms with Crippen LogP contribution < -0.4 is 10.6 Å². The first-order valence-corrected chi connectivity index (χ1v) is 14.2. The van der Waals surface area contributed by atoms with E-state index in [0.717, 1.165) is 31.4 Å². The molecule has 0 unspecified atom stereocenters. The second-order valence-corrected chi connectivity index (χ2v) is 12.7. The number of carbonyl (C=O) groups excluding carboxylic acids is 3. The van der Waals surface area contributed by atoms with Crippen molar-refractivity contribution >= 4 is 28.9 Å². The SMILES string of the molecule is CN(C)c1cc(CN2C3CCC2CC3)c(O)c2c1C[C@H]1C[C@H]3[C@H](N(C)C)C(=O)C(C(N)=O)=C(O)[C@@]3(O)C(=O)C1=C2O. The van der Waals surface area contributed by atoms with E-state index in [1.807, 2.05) is 25.1 Å². The van der Waals surface area contributed by atoms with E-state index in [0.29, 0.717) is 29.8 Å². The number of aromatic hydroxyl groups is 1. The fourth-order valence-corrected chi connectivity index (χ4v) is 8.34. The number of hydrogen-bond acceptors (Lipinski definition) is 10. The molecule has 0 spiro atoms. The zero-order valence-electron chi connectivity index (χ0n) is 23.8. The molecule has 2 aliphatic heterocycles. The van der Waals surface area contributed by atoms with Gasteiger partial charge in [-0.1, -0.05) is 0 Å². The van der Waals surface area contributed by atoms with Gasteiger partial charge in [-0.15, -0.1) is 0 Å². The second kappa shape index (κ2) is 9.30. The molecule has 4 atom stereocenters. The Morgan fingerprint density at radius 3 is 2.22 bits per heavy atom. The van der Waals surface area contributed by atoms with E-state index in [4.69, 9.17) is 5.73 Å². The number of benzene rings is 1. The average molecular weight is 567 g/mol. The van der Waals surface area contributed by atoms with Crippen molar-refractivity contribution in [2.45, 2.75) is 68.8 Å². The number of primary amides is 1. The summed E-state index contributed by atoms with van der Waals surface area (Å²) in [7, 11) is 6.94. The number of nitrogens with two attached hydrogens (primary N) is 1. The van der Waals surface area contributed by atoms with Crippen molar-refractivity contribution < 1.29 is 34.8 Å². The number of Topliss-reactive ketones (excluding diaryl/α,β-unsaturated/α-hetero) is 2. The zero-order valence-corrected chi connectivity index (χ0v) is 23.8. The fraction of sp³-hybridized carbons (Fsp3) is 0.567. The summed E-state index contributed by atoms with van der Waals surface area (Å²) < 4.78 is 0. The number of phenols is 1. The van der Waals surface area contributed by atoms with Crippen LogP contribution in [0.5, 0.6) is 5.75 Å². The molecular formula is C30H38N4O7. The summed E-state index contributed by atoms with van der Waals surface area (Å²) in [5.74, 6) is -6.33. The summed E-state index contributed by atoms with van der Waals surface area (Å²) in [4.78, 5) is 45.4. The molecular weight excluding hydrogens is 528 g/mol. The molecule has 41 heavy (non-hydrogen) atoms. The Morgan fingerprint density at radius 2 is 1.68 bits per heavy atom. The first-order valence-electron chi connectivity index (χ1n) is 14.2. The van der Waals surface area contributed by atoms with Gasteiger partial charge in [0.2, 0.25) is 5.78 Å². The molecule has 1 amide bonds. The van der Waals surface area contributed by atoms with Gasteiger partial charge in [0.1, 0.15) is 22.8 Å². The molecule has 2 bridgehead atoms. The molecule has 5 aliphatic rings. The number of phenolic OH excluding ortho intramolecular Hbond substituents is 1. The number of likely N-dealkylation sites (N-methyl/N-ethyl adjacent to an activating group) is 1. The van der Waals surface area contributed by atoms with Crippen LogP contribution in [0.4, 0.5) is 5.69 Å². The van der Waals surface area contributed by atoms with E-state index < -0.39 is 58.0 Å². The van der Waals surface area contributed by atoms with Crippen molar-refractivity contribution in [2.24, 2.45) is 17.6 Å². The van der Waals surface area contributed by atoms with Gasteiger partial charge in [-0.3, -0.25) is 24.2 Å². The van der Waals surface area contributed by atoms with Crippen LogP contribution in [0.3, 0.4) is 0 Å². The van der Waals surface area contributed by atoms with E-state index in [9.17, 15) is 34.8 Å². The molecule has 1 saturated carbocycles. The molecule has 3 fully saturated rings. The van der Waals surface area contributed by atoms with Crippen LogP contribution in [0, 0.1) is 11.8 Å². The summed E-state index contributed by atoms with van der Waals surface area (Å²) in [6, 6.07) is 1.78. The molecule has 0 aromatic heterocycles. The first kappa shape index (κ1) is 27.7. The van der Waals surface area contributed by atoms with Crippen molar-refractivity contribution in [1.82, 2.24) is 9.80 Å². The maximum atomic E-state index is 14.1. The Hall–Kier alpha value is -3.41. The minimum Gasteiger partial charge on any atom is -0.508 e. The Labute approximate surface area is 238 Å². The van der Waals surface area contributed by atoms with Gasteiger partial charge in [-0.2, -0.15) is 0 Å². The van der Waals surface area contributed by atoms with Crippen molar-refractivity contribution in [3.05, 3.63) is 39.7 Å². The predicted octanol–water partition coefficient (Wildman–Crippen LogP) is 1.16. The third-order valence-electron chi connectivity index (χ3n) is 10.2. The molecule has 1 aromatic rings. The minimum absolute atomic E-state index is 0.0677. The van der Waals surface area contributed by atoms with E-state index in [-0.39, 0.29) is 29.7 Å². The Morgan fingerprint density at radius 1 is 1.07 bits per heavy atom.